The molecular formula is C21H30N6O3. The maximum Gasteiger partial charge on any atom is 0.345 e. The zero-order valence-corrected chi connectivity index (χ0v) is 18.0. The minimum absolute atomic E-state index is 0.0215. The van der Waals surface area contributed by atoms with E-state index in [0.29, 0.717) is 37.4 Å². The van der Waals surface area contributed by atoms with Crippen LogP contribution in [0.3, 0.4) is 0 Å². The molecule has 0 aromatic carbocycles. The van der Waals surface area contributed by atoms with Crippen LogP contribution < -0.4 is 15.7 Å². The van der Waals surface area contributed by atoms with E-state index in [-0.39, 0.29) is 17.6 Å². The van der Waals surface area contributed by atoms with Gasteiger partial charge in [0.15, 0.2) is 0 Å². The summed E-state index contributed by atoms with van der Waals surface area (Å²) in [5.74, 6) is 1.02. The molecule has 0 bridgehead atoms. The number of fused-ring (bicyclic) bond motifs is 2. The highest BCUT2D eigenvalue weighted by Crippen LogP contribution is 2.26. The second-order valence-electron chi connectivity index (χ2n) is 8.38. The Hall–Kier alpha value is -2.68. The number of hydrogen-bond acceptors (Lipinski definition) is 6. The normalized spacial score (nSPS) is 18.1. The van der Waals surface area contributed by atoms with Gasteiger partial charge in [0.2, 0.25) is 5.88 Å². The van der Waals surface area contributed by atoms with E-state index in [4.69, 9.17) is 4.74 Å². The third-order valence-electron chi connectivity index (χ3n) is 5.97. The lowest BCUT2D eigenvalue weighted by molar-refractivity contribution is 0.0929. The van der Waals surface area contributed by atoms with Crippen LogP contribution in [0.4, 0.5) is 0 Å². The lowest BCUT2D eigenvalue weighted by Gasteiger charge is -2.17. The van der Waals surface area contributed by atoms with Gasteiger partial charge in [0.1, 0.15) is 11.4 Å². The van der Waals surface area contributed by atoms with Gasteiger partial charge in [-0.3, -0.25) is 9.36 Å². The molecule has 0 radical (unpaired) electrons. The average molecular weight is 415 g/mol. The van der Waals surface area contributed by atoms with E-state index in [0.717, 1.165) is 49.3 Å². The molecule has 4 rings (SSSR count). The molecule has 2 aliphatic rings. The second-order valence-corrected chi connectivity index (χ2v) is 8.38. The summed E-state index contributed by atoms with van der Waals surface area (Å²) in [4.78, 5) is 32.2. The van der Waals surface area contributed by atoms with Gasteiger partial charge in [-0.1, -0.05) is 0 Å². The molecule has 1 unspecified atom stereocenters. The first-order valence-electron chi connectivity index (χ1n) is 10.6. The first kappa shape index (κ1) is 20.6. The van der Waals surface area contributed by atoms with Crippen molar-refractivity contribution in [1.82, 2.24) is 29.5 Å². The summed E-state index contributed by atoms with van der Waals surface area (Å²) in [6.07, 6.45) is 5.06. The number of pyridine rings is 1. The lowest BCUT2D eigenvalue weighted by Crippen LogP contribution is -2.36. The van der Waals surface area contributed by atoms with Gasteiger partial charge < -0.3 is 15.0 Å². The van der Waals surface area contributed by atoms with E-state index in [1.165, 1.54) is 0 Å². The summed E-state index contributed by atoms with van der Waals surface area (Å²) in [6, 6.07) is 1.90. The minimum atomic E-state index is -0.165. The maximum atomic E-state index is 13.0. The number of aryl methyl sites for hydroxylation is 3. The molecule has 1 amide bonds. The summed E-state index contributed by atoms with van der Waals surface area (Å²) in [7, 11) is 5.50. The van der Waals surface area contributed by atoms with Gasteiger partial charge in [-0.15, -0.1) is 0 Å². The summed E-state index contributed by atoms with van der Waals surface area (Å²) in [6.45, 7) is 1.91. The third-order valence-corrected chi connectivity index (χ3v) is 5.97. The Morgan fingerprint density at radius 2 is 2.13 bits per heavy atom. The summed E-state index contributed by atoms with van der Waals surface area (Å²) in [5.41, 5.74) is 2.60. The first-order chi connectivity index (χ1) is 14.5. The fraction of sp³-hybridized carbons (Fsp3) is 0.619. The van der Waals surface area contributed by atoms with Crippen LogP contribution in [0.5, 0.6) is 5.88 Å². The van der Waals surface area contributed by atoms with Gasteiger partial charge in [-0.2, -0.15) is 5.10 Å². The van der Waals surface area contributed by atoms with Crippen LogP contribution >= 0.6 is 0 Å². The van der Waals surface area contributed by atoms with E-state index < -0.39 is 0 Å². The summed E-state index contributed by atoms with van der Waals surface area (Å²) < 4.78 is 8.68. The standard InChI is InChI=1S/C21H30N6O3/c1-25(2)11-12-27-21(29)26-10-9-15(7-8-18(26)24-27)22-19(28)16-13-14-5-4-6-17(14)23-20(16)30-3/h13,15H,4-12H2,1-3H3,(H,22,28). The van der Waals surface area contributed by atoms with Gasteiger partial charge in [0.05, 0.1) is 13.7 Å². The maximum absolute atomic E-state index is 13.0. The van der Waals surface area contributed by atoms with Crippen molar-refractivity contribution in [3.8, 4) is 5.88 Å². The van der Waals surface area contributed by atoms with Crippen LogP contribution in [0, 0.1) is 0 Å². The number of rotatable bonds is 6. The van der Waals surface area contributed by atoms with Gasteiger partial charge in [-0.05, 0) is 57.8 Å². The van der Waals surface area contributed by atoms with Crippen LogP contribution in [0.25, 0.3) is 0 Å². The van der Waals surface area contributed by atoms with Crippen molar-refractivity contribution in [3.05, 3.63) is 39.2 Å². The van der Waals surface area contributed by atoms with Crippen molar-refractivity contribution in [2.24, 2.45) is 0 Å². The van der Waals surface area contributed by atoms with Crippen molar-refractivity contribution < 1.29 is 9.53 Å². The Balaban J connectivity index is 1.43. The molecule has 9 heteroatoms. The second kappa shape index (κ2) is 8.59. The fourth-order valence-corrected chi connectivity index (χ4v) is 4.25. The summed E-state index contributed by atoms with van der Waals surface area (Å²) in [5, 5.41) is 7.64. The molecule has 0 saturated carbocycles. The molecule has 2 aromatic rings. The Kier molecular flexibility index (Phi) is 5.90. The molecule has 1 aliphatic heterocycles. The molecule has 0 saturated heterocycles. The molecule has 0 spiro atoms. The SMILES string of the molecule is COc1nc2c(cc1C(=O)NC1CCc3nn(CCN(C)C)c(=O)n3CC1)CCC2. The Bertz CT molecular complexity index is 993. The van der Waals surface area contributed by atoms with Crippen molar-refractivity contribution in [2.45, 2.75) is 57.7 Å². The zero-order chi connectivity index (χ0) is 21.3. The van der Waals surface area contributed by atoms with Gasteiger partial charge >= 0.3 is 5.69 Å². The number of carbonyl (C=O) groups is 1. The predicted octanol–water partition coefficient (Wildman–Crippen LogP) is 0.634. The number of carbonyl (C=O) groups excluding carboxylic acids is 1. The van der Waals surface area contributed by atoms with Gasteiger partial charge in [0.25, 0.3) is 5.91 Å². The number of hydrogen-bond donors (Lipinski definition) is 1. The molecule has 30 heavy (non-hydrogen) atoms. The smallest absolute Gasteiger partial charge is 0.345 e. The van der Waals surface area contributed by atoms with E-state index in [1.54, 1.807) is 16.4 Å². The fourth-order valence-electron chi connectivity index (χ4n) is 4.25. The third kappa shape index (κ3) is 4.12. The minimum Gasteiger partial charge on any atom is -0.480 e. The van der Waals surface area contributed by atoms with E-state index >= 15 is 0 Å². The number of ether oxygens (including phenoxy) is 1. The van der Waals surface area contributed by atoms with Crippen LogP contribution in [0.15, 0.2) is 10.9 Å². The first-order valence-corrected chi connectivity index (χ1v) is 10.6. The topological polar surface area (TPSA) is 94.3 Å². The molecule has 1 N–H and O–H groups in total. The molecule has 162 valence electrons. The van der Waals surface area contributed by atoms with E-state index in [2.05, 4.69) is 15.4 Å². The average Bonchev–Trinajstić information content (AvgIpc) is 3.24. The molecule has 1 aliphatic carbocycles. The van der Waals surface area contributed by atoms with E-state index in [1.807, 2.05) is 25.1 Å². The number of likely N-dealkylation sites (N-methyl/N-ethyl adjacent to an activating group) is 1. The Morgan fingerprint density at radius 3 is 2.90 bits per heavy atom. The van der Waals surface area contributed by atoms with E-state index in [9.17, 15) is 9.59 Å². The van der Waals surface area contributed by atoms with Crippen molar-refractivity contribution in [3.63, 3.8) is 0 Å². The molecular weight excluding hydrogens is 384 g/mol. The molecule has 9 nitrogen and oxygen atoms in total. The van der Waals surface area contributed by atoms with Crippen molar-refractivity contribution >= 4 is 5.91 Å². The molecule has 1 atom stereocenters. The molecule has 2 aromatic heterocycles. The van der Waals surface area contributed by atoms with Gasteiger partial charge in [-0.25, -0.2) is 14.5 Å². The number of nitrogens with zero attached hydrogens (tertiary/aromatic N) is 5. The Morgan fingerprint density at radius 1 is 1.30 bits per heavy atom. The highest BCUT2D eigenvalue weighted by molar-refractivity contribution is 5.96. The highest BCUT2D eigenvalue weighted by Gasteiger charge is 2.25. The van der Waals surface area contributed by atoms with Gasteiger partial charge in [0, 0.05) is 31.2 Å². The Labute approximate surface area is 176 Å². The molecule has 3 heterocycles. The highest BCUT2D eigenvalue weighted by atomic mass is 16.5. The van der Waals surface area contributed by atoms with Crippen LogP contribution in [0.2, 0.25) is 0 Å². The van der Waals surface area contributed by atoms with Crippen LogP contribution in [-0.4, -0.2) is 63.9 Å². The van der Waals surface area contributed by atoms with Crippen molar-refractivity contribution in [1.29, 1.82) is 0 Å². The summed E-state index contributed by atoms with van der Waals surface area (Å²) >= 11 is 0. The van der Waals surface area contributed by atoms with Crippen LogP contribution in [0.1, 0.15) is 46.7 Å². The predicted molar refractivity (Wildman–Crippen MR) is 112 cm³/mol. The number of nitrogens with one attached hydrogen (secondary N) is 1. The quantitative estimate of drug-likeness (QED) is 0.745. The number of amides is 1. The monoisotopic (exact) mass is 414 g/mol. The van der Waals surface area contributed by atoms with Crippen molar-refractivity contribution in [2.75, 3.05) is 27.7 Å². The molecule has 0 fully saturated rings. The number of aromatic nitrogens is 4. The number of methoxy groups -OCH3 is 1. The largest absolute Gasteiger partial charge is 0.480 e. The van der Waals surface area contributed by atoms with Crippen LogP contribution in [-0.2, 0) is 32.4 Å². The lowest BCUT2D eigenvalue weighted by atomic mass is 10.1. The zero-order valence-electron chi connectivity index (χ0n) is 18.0.